The van der Waals surface area contributed by atoms with Gasteiger partial charge in [0.05, 0.1) is 28.9 Å². The molecule has 1 N–H and O–H groups in total. The van der Waals surface area contributed by atoms with E-state index in [1.165, 1.54) is 32.7 Å². The van der Waals surface area contributed by atoms with Crippen LogP contribution in [0.4, 0.5) is 0 Å². The number of ketones is 1. The number of carbonyl (C=O) groups excluding carboxylic acids is 1. The van der Waals surface area contributed by atoms with Crippen LogP contribution in [0.25, 0.3) is 0 Å². The summed E-state index contributed by atoms with van der Waals surface area (Å²) < 4.78 is 0. The van der Waals surface area contributed by atoms with Gasteiger partial charge < -0.3 is 4.84 Å². The van der Waals surface area contributed by atoms with Crippen LogP contribution in [0.15, 0.2) is 35.1 Å². The van der Waals surface area contributed by atoms with Gasteiger partial charge in [-0.2, -0.15) is 0 Å². The molecule has 7 heteroatoms. The Bertz CT molecular complexity index is 516. The van der Waals surface area contributed by atoms with Crippen molar-refractivity contribution in [1.82, 2.24) is 5.48 Å². The second-order valence-electron chi connectivity index (χ2n) is 3.30. The van der Waals surface area contributed by atoms with Gasteiger partial charge in [-0.15, -0.1) is 0 Å². The number of halogens is 2. The van der Waals surface area contributed by atoms with Crippen LogP contribution in [-0.4, -0.2) is 26.2 Å². The van der Waals surface area contributed by atoms with Gasteiger partial charge in [0, 0.05) is 11.8 Å². The lowest BCUT2D eigenvalue weighted by atomic mass is 10.1. The maximum atomic E-state index is 12.2. The number of Topliss-reactive ketones (excluding diaryl/α,β-unsaturated/α-hetero) is 1. The maximum absolute atomic E-state index is 12.2. The number of nitrogens with zero attached hydrogens (tertiary/aromatic N) is 1. The number of carbonyl (C=O) groups is 1. The Labute approximate surface area is 120 Å². The van der Waals surface area contributed by atoms with Gasteiger partial charge in [0.2, 0.25) is 0 Å². The summed E-state index contributed by atoms with van der Waals surface area (Å²) in [6.07, 6.45) is 2.62. The highest BCUT2D eigenvalue weighted by molar-refractivity contribution is 6.42. The van der Waals surface area contributed by atoms with E-state index >= 15 is 0 Å². The Morgan fingerprint density at radius 1 is 1.32 bits per heavy atom. The first-order valence-electron chi connectivity index (χ1n) is 5.15. The van der Waals surface area contributed by atoms with E-state index in [0.29, 0.717) is 15.6 Å². The van der Waals surface area contributed by atoms with Crippen molar-refractivity contribution in [3.63, 3.8) is 0 Å². The van der Waals surface area contributed by atoms with Gasteiger partial charge in [0.1, 0.15) is 7.11 Å². The number of hydrogen-bond donors (Lipinski definition) is 1. The summed E-state index contributed by atoms with van der Waals surface area (Å²) in [6.45, 7) is 0. The minimum Gasteiger partial charge on any atom is -0.399 e. The summed E-state index contributed by atoms with van der Waals surface area (Å²) in [6, 6.07) is 4.59. The molecule has 0 atom stereocenters. The molecule has 0 amide bonds. The van der Waals surface area contributed by atoms with Crippen LogP contribution in [0, 0.1) is 0 Å². The maximum Gasteiger partial charge on any atom is 0.196 e. The van der Waals surface area contributed by atoms with E-state index in [-0.39, 0.29) is 11.4 Å². The topological polar surface area (TPSA) is 59.9 Å². The van der Waals surface area contributed by atoms with Crippen molar-refractivity contribution in [2.45, 2.75) is 0 Å². The zero-order valence-corrected chi connectivity index (χ0v) is 11.8. The molecule has 0 radical (unpaired) electrons. The molecule has 0 aliphatic rings. The van der Waals surface area contributed by atoms with Crippen molar-refractivity contribution in [2.75, 3.05) is 14.2 Å². The van der Waals surface area contributed by atoms with Crippen molar-refractivity contribution in [3.05, 3.63) is 45.6 Å². The molecule has 0 saturated heterocycles. The quantitative estimate of drug-likeness (QED) is 0.380. The van der Waals surface area contributed by atoms with E-state index in [4.69, 9.17) is 23.2 Å². The molecule has 0 spiro atoms. The number of hydroxylamine groups is 1. The molecule has 5 nitrogen and oxygen atoms in total. The van der Waals surface area contributed by atoms with E-state index in [0.717, 1.165) is 0 Å². The third kappa shape index (κ3) is 4.55. The Morgan fingerprint density at radius 2 is 2.05 bits per heavy atom. The van der Waals surface area contributed by atoms with Crippen LogP contribution in [-0.2, 0) is 9.68 Å². The summed E-state index contributed by atoms with van der Waals surface area (Å²) >= 11 is 11.7. The number of allylic oxidation sites excluding steroid dienone is 1. The molecule has 0 aromatic heterocycles. The lowest BCUT2D eigenvalue weighted by Crippen LogP contribution is -2.11. The average molecular weight is 303 g/mol. The SMILES string of the molecule is CO/N=C\C(=C\NOC)C(=O)c1ccc(Cl)c(Cl)c1. The minimum atomic E-state index is -0.302. The number of oxime groups is 1. The molecular weight excluding hydrogens is 291 g/mol. The Hall–Kier alpha value is -1.56. The molecule has 0 bridgehead atoms. The first-order valence-corrected chi connectivity index (χ1v) is 5.90. The van der Waals surface area contributed by atoms with Crippen molar-refractivity contribution < 1.29 is 14.5 Å². The lowest BCUT2D eigenvalue weighted by molar-refractivity contribution is 0.102. The molecule has 1 rings (SSSR count). The van der Waals surface area contributed by atoms with Crippen molar-refractivity contribution in [1.29, 1.82) is 0 Å². The lowest BCUT2D eigenvalue weighted by Gasteiger charge is -2.04. The molecule has 0 heterocycles. The fourth-order valence-electron chi connectivity index (χ4n) is 1.20. The molecule has 19 heavy (non-hydrogen) atoms. The van der Waals surface area contributed by atoms with E-state index < -0.39 is 0 Å². The molecule has 0 unspecified atom stereocenters. The molecule has 1 aromatic carbocycles. The molecular formula is C12H12Cl2N2O3. The largest absolute Gasteiger partial charge is 0.399 e. The summed E-state index contributed by atoms with van der Waals surface area (Å²) in [5.74, 6) is -0.302. The van der Waals surface area contributed by atoms with Crippen LogP contribution < -0.4 is 5.48 Å². The number of benzene rings is 1. The third-order valence-electron chi connectivity index (χ3n) is 2.07. The van der Waals surface area contributed by atoms with Crippen molar-refractivity contribution in [2.24, 2.45) is 5.16 Å². The molecule has 0 saturated carbocycles. The molecule has 1 aromatic rings. The predicted molar refractivity (Wildman–Crippen MR) is 74.5 cm³/mol. The minimum absolute atomic E-state index is 0.238. The highest BCUT2D eigenvalue weighted by Crippen LogP contribution is 2.23. The summed E-state index contributed by atoms with van der Waals surface area (Å²) in [5, 5.41) is 4.22. The highest BCUT2D eigenvalue weighted by atomic mass is 35.5. The third-order valence-corrected chi connectivity index (χ3v) is 2.81. The van der Waals surface area contributed by atoms with Gasteiger partial charge in [0.15, 0.2) is 5.78 Å². The van der Waals surface area contributed by atoms with E-state index in [9.17, 15) is 4.79 Å². The van der Waals surface area contributed by atoms with Gasteiger partial charge in [0.25, 0.3) is 0 Å². The van der Waals surface area contributed by atoms with E-state index in [1.807, 2.05) is 0 Å². The van der Waals surface area contributed by atoms with Crippen LogP contribution in [0.5, 0.6) is 0 Å². The van der Waals surface area contributed by atoms with Gasteiger partial charge in [-0.3, -0.25) is 15.1 Å². The summed E-state index contributed by atoms with van der Waals surface area (Å²) in [4.78, 5) is 21.4. The Balaban J connectivity index is 3.04. The Morgan fingerprint density at radius 3 is 2.63 bits per heavy atom. The van der Waals surface area contributed by atoms with Crippen LogP contribution in [0.1, 0.15) is 10.4 Å². The number of nitrogens with one attached hydrogen (secondary N) is 1. The fraction of sp³-hybridized carbons (Fsp3) is 0.167. The van der Waals surface area contributed by atoms with Gasteiger partial charge in [-0.25, -0.2) is 0 Å². The van der Waals surface area contributed by atoms with Crippen molar-refractivity contribution >= 4 is 35.2 Å². The average Bonchev–Trinajstić information content (AvgIpc) is 2.41. The summed E-state index contributed by atoms with van der Waals surface area (Å²) in [5.41, 5.74) is 3.06. The monoisotopic (exact) mass is 302 g/mol. The molecule has 0 fully saturated rings. The standard InChI is InChI=1S/C12H12Cl2N2O3/c1-18-15-6-9(7-16-19-2)12(17)8-3-4-10(13)11(14)5-8/h3-7,15H,1-2H3/b9-6-,16-7-. The van der Waals surface area contributed by atoms with Crippen molar-refractivity contribution in [3.8, 4) is 0 Å². The summed E-state index contributed by atoms with van der Waals surface area (Å²) in [7, 11) is 2.80. The van der Waals surface area contributed by atoms with Crippen LogP contribution in [0.3, 0.4) is 0 Å². The van der Waals surface area contributed by atoms with Crippen LogP contribution >= 0.6 is 23.2 Å². The Kier molecular flexibility index (Phi) is 6.35. The van der Waals surface area contributed by atoms with Gasteiger partial charge in [-0.1, -0.05) is 28.4 Å². The first kappa shape index (κ1) is 15.5. The van der Waals surface area contributed by atoms with E-state index in [1.54, 1.807) is 12.1 Å². The van der Waals surface area contributed by atoms with Gasteiger partial charge in [-0.05, 0) is 18.2 Å². The van der Waals surface area contributed by atoms with E-state index in [2.05, 4.69) is 20.3 Å². The second kappa shape index (κ2) is 7.78. The smallest absolute Gasteiger partial charge is 0.196 e. The number of hydrogen-bond acceptors (Lipinski definition) is 5. The van der Waals surface area contributed by atoms with Gasteiger partial charge >= 0.3 is 0 Å². The molecule has 0 aliphatic carbocycles. The second-order valence-corrected chi connectivity index (χ2v) is 4.11. The molecule has 0 aliphatic heterocycles. The zero-order chi connectivity index (χ0) is 14.3. The highest BCUT2D eigenvalue weighted by Gasteiger charge is 2.12. The zero-order valence-electron chi connectivity index (χ0n) is 10.3. The fourth-order valence-corrected chi connectivity index (χ4v) is 1.50. The van der Waals surface area contributed by atoms with Crippen LogP contribution in [0.2, 0.25) is 10.0 Å². The molecule has 102 valence electrons. The normalized spacial score (nSPS) is 11.7. The predicted octanol–water partition coefficient (Wildman–Crippen LogP) is 2.84. The first-order chi connectivity index (χ1) is 9.10. The number of rotatable bonds is 6.